The summed E-state index contributed by atoms with van der Waals surface area (Å²) in [5.74, 6) is -19.6. The monoisotopic (exact) mass is 1860 g/mol. The minimum Gasteiger partial charge on any atom is -0.508 e. The van der Waals surface area contributed by atoms with Crippen molar-refractivity contribution in [3.8, 4) is 17.2 Å². The molecule has 5 aliphatic rings. The molecule has 45 nitrogen and oxygen atoms in total. The highest BCUT2D eigenvalue weighted by Gasteiger charge is 2.47. The number of nitrogens with one attached hydrogen (secondary N) is 16. The molecule has 3 aromatic carbocycles. The van der Waals surface area contributed by atoms with Crippen LogP contribution in [0.5, 0.6) is 17.2 Å². The van der Waals surface area contributed by atoms with Crippen LogP contribution in [0.4, 0.5) is 0 Å². The van der Waals surface area contributed by atoms with Gasteiger partial charge in [-0.3, -0.25) is 86.9 Å². The number of phenols is 3. The van der Waals surface area contributed by atoms with Crippen LogP contribution in [0.1, 0.15) is 126 Å². The zero-order valence-electron chi connectivity index (χ0n) is 72.6. The summed E-state index contributed by atoms with van der Waals surface area (Å²) in [6.07, 6.45) is 0.822. The Bertz CT molecular complexity index is 4710. The predicted molar refractivity (Wildman–Crippen MR) is 475 cm³/mol. The number of hydrogen-bond acceptors (Lipinski definition) is 29. The van der Waals surface area contributed by atoms with Gasteiger partial charge in [-0.15, -0.1) is 0 Å². The highest BCUT2D eigenvalue weighted by Crippen LogP contribution is 2.29. The number of nitrogens with zero attached hydrogens (tertiary/aromatic N) is 4. The Morgan fingerprint density at radius 2 is 0.863 bits per heavy atom. The molecular weight excluding hydrogens is 1750 g/mol. The first-order valence-electron chi connectivity index (χ1n) is 43.4. The fourth-order valence-corrected chi connectivity index (χ4v) is 18.0. The van der Waals surface area contributed by atoms with Gasteiger partial charge >= 0.3 is 0 Å². The second kappa shape index (κ2) is 50.0. The van der Waals surface area contributed by atoms with E-state index in [1.165, 1.54) is 109 Å². The van der Waals surface area contributed by atoms with E-state index in [2.05, 4.69) is 84.6 Å². The second-order valence-electron chi connectivity index (χ2n) is 32.7. The number of amides is 15. The number of aromatic hydroxyl groups is 3. The zero-order valence-corrected chi connectivity index (χ0v) is 74.2. The highest BCUT2D eigenvalue weighted by molar-refractivity contribution is 8.76. The second-order valence-corrected chi connectivity index (χ2v) is 35.2. The number of imidazole rings is 1. The summed E-state index contributed by atoms with van der Waals surface area (Å²) in [7, 11) is 1.46. The molecule has 3 unspecified atom stereocenters. The van der Waals surface area contributed by atoms with Gasteiger partial charge in [-0.05, 0) is 163 Å². The molecule has 0 saturated carbocycles. The van der Waals surface area contributed by atoms with Gasteiger partial charge in [-0.1, -0.05) is 58.0 Å². The van der Waals surface area contributed by atoms with Gasteiger partial charge in [0.05, 0.1) is 31.1 Å². The molecular formula is C84H118N24O21S2. The van der Waals surface area contributed by atoms with Gasteiger partial charge in [0.2, 0.25) is 100 Å². The number of hydrogen-bond donors (Lipinski definition) is 24. The van der Waals surface area contributed by atoms with Crippen LogP contribution in [-0.4, -0.2) is 305 Å². The number of nitrogens with two attached hydrogens (primary N) is 4. The topological polar surface area (TPSA) is 706 Å². The summed E-state index contributed by atoms with van der Waals surface area (Å²) >= 11 is 0. The van der Waals surface area contributed by atoms with Crippen LogP contribution in [0, 0.1) is 5.41 Å². The lowest BCUT2D eigenvalue weighted by Gasteiger charge is -2.34. The first-order valence-corrected chi connectivity index (χ1v) is 45.9. The maximum atomic E-state index is 15.7. The van der Waals surface area contributed by atoms with Gasteiger partial charge in [0, 0.05) is 81.7 Å². The van der Waals surface area contributed by atoms with Gasteiger partial charge in [0.1, 0.15) is 95.8 Å². The van der Waals surface area contributed by atoms with E-state index in [0.717, 1.165) is 26.5 Å². The van der Waals surface area contributed by atoms with E-state index in [1.54, 1.807) is 0 Å². The molecule has 28 N–H and O–H groups in total. The number of guanidine groups is 1. The number of aromatic nitrogens is 2. The summed E-state index contributed by atoms with van der Waals surface area (Å²) in [6.45, 7) is 1.20. The number of carbonyl (C=O) groups excluding carboxylic acids is 17. The van der Waals surface area contributed by atoms with Crippen LogP contribution in [-0.2, 0) is 107 Å². The summed E-state index contributed by atoms with van der Waals surface area (Å²) < 4.78 is 0. The molecule has 5 saturated heterocycles. The molecule has 47 heteroatoms. The van der Waals surface area contributed by atoms with E-state index in [4.69, 9.17) is 28.3 Å². The molecule has 5 aliphatic heterocycles. The van der Waals surface area contributed by atoms with E-state index in [-0.39, 0.29) is 145 Å². The van der Waals surface area contributed by atoms with Crippen molar-refractivity contribution in [2.75, 3.05) is 57.4 Å². The largest absolute Gasteiger partial charge is 0.508 e. The molecule has 712 valence electrons. The zero-order chi connectivity index (χ0) is 95.1. The Kier molecular flexibility index (Phi) is 39.0. The summed E-state index contributed by atoms with van der Waals surface area (Å²) in [5.41, 5.74) is 30.1. The number of H-pyrrole nitrogens is 1. The third kappa shape index (κ3) is 30.0. The average molecular weight is 1860 g/mol. The molecule has 2 bridgehead atoms. The number of carbonyl (C=O) groups is 17. The third-order valence-corrected chi connectivity index (χ3v) is 25.3. The number of benzene rings is 3. The van der Waals surface area contributed by atoms with E-state index >= 15 is 47.9 Å². The van der Waals surface area contributed by atoms with Crippen molar-refractivity contribution >= 4 is 128 Å². The Labute approximate surface area is 762 Å². The Hall–Kier alpha value is -12.6. The van der Waals surface area contributed by atoms with Crippen molar-refractivity contribution < 1.29 is 102 Å². The fourth-order valence-electron chi connectivity index (χ4n) is 15.7. The van der Waals surface area contributed by atoms with Crippen molar-refractivity contribution in [2.24, 2.45) is 22.9 Å². The molecule has 0 spiro atoms. The molecule has 131 heavy (non-hydrogen) atoms. The van der Waals surface area contributed by atoms with Gasteiger partial charge in [-0.25, -0.2) is 15.8 Å². The molecule has 4 aromatic rings. The predicted octanol–water partition coefficient (Wildman–Crippen LogP) is -6.48. The number of aromatic amines is 1. The number of Topliss-reactive ketones (excluding diaryl/α,β-unsaturated/α-hetero) is 2. The van der Waals surface area contributed by atoms with Gasteiger partial charge in [0.15, 0.2) is 5.96 Å². The molecule has 1 aromatic heterocycles. The molecule has 0 radical (unpaired) electrons. The van der Waals surface area contributed by atoms with Crippen LogP contribution in [0.15, 0.2) is 85.3 Å². The normalized spacial score (nSPS) is 26.7. The Morgan fingerprint density at radius 1 is 0.435 bits per heavy atom. The van der Waals surface area contributed by atoms with Gasteiger partial charge < -0.3 is 127 Å². The standard InChI is InChI=1S/C84H118N24O21S2/c1-44-70(116)102-62-41-130-131-42-63(77(123)98-57(35-46-14-20-50(110)21-15-46)69(115)68(114)53(10-5-31-91-84(88)89)94-73(119)56(28-30-86)97-79(125)64-11-6-32-106(64)81(127)45(2)93-76(122)61(40-109)101-78(62)124)103-74(120)58(36-47-16-22-51(111)23-17-47)99-72(118)55(26-27-67(87)113)95-71(117)54(9-3-4-29-85)96-80(126)65-12-7-33-107(65)83(129)66-13-8-34-108(66)82(128)60(37-48-18-24-52(112)25-19-48)100-75(121)59(105-104-44)38-49-39-90-43-92-49/h14-25,39,43-45,53-66,104-105,109-112H,3-13,26-38,40-42,85-86H2,1-2H3,(H2,87,113)(H,90,92)(H,93,122)(H,94,119)(H,95,117)(H,96,126)(H,97,125)(H,98,123)(H,99,118)(H,100,121)(H,101,124)(H,102,116)(H,103,120)(H4,88,89,91)/t44-,45-,53-,54-,55-,56?,57?,58-,59-,60?,61-,62-,63+,64+,65+,66-/m0/s1. The highest BCUT2D eigenvalue weighted by atomic mass is 33.1. The maximum absolute atomic E-state index is 15.7. The van der Waals surface area contributed by atoms with Crippen LogP contribution >= 0.6 is 21.6 Å². The number of unbranched alkanes of at least 4 members (excludes halogenated alkanes) is 1. The number of fused-ring (bicyclic) bond motifs is 8. The number of hydrazine groups is 1. The number of rotatable bonds is 22. The van der Waals surface area contributed by atoms with Crippen LogP contribution < -0.4 is 97.6 Å². The summed E-state index contributed by atoms with van der Waals surface area (Å²) in [4.78, 5) is 264. The number of ketones is 2. The Morgan fingerprint density at radius 3 is 1.38 bits per heavy atom. The number of phenolic OH excluding ortho intramolecular Hbond substituents is 3. The van der Waals surface area contributed by atoms with E-state index in [0.29, 0.717) is 24.1 Å². The van der Waals surface area contributed by atoms with Gasteiger partial charge in [0.25, 0.3) is 0 Å². The van der Waals surface area contributed by atoms with Crippen molar-refractivity contribution in [2.45, 2.75) is 226 Å². The lowest BCUT2D eigenvalue weighted by molar-refractivity contribution is -0.148. The van der Waals surface area contributed by atoms with Crippen LogP contribution in [0.2, 0.25) is 0 Å². The number of primary amides is 1. The number of aliphatic hydroxyl groups is 1. The van der Waals surface area contributed by atoms with Crippen LogP contribution in [0.3, 0.4) is 0 Å². The minimum absolute atomic E-state index is 0.0105. The lowest BCUT2D eigenvalue weighted by atomic mass is 9.94. The SMILES string of the molecule is C[C@@H]1NN[C@@H](Cc2cnc[nH]2)C(=O)NC(Cc2ccc(O)cc2)C(=O)N2CCC[C@H]2C(=O)N2CCC[C@@H]2C(=O)N[C@@H](CCCCN)C(=O)N[C@@H](CCC(N)=O)C(=O)N[C@@H](Cc2ccc(O)cc2)C(=O)N[C@@H]2CSSC[C@H](NC1=O)C(=O)N[C@@H](CO)C(=O)N[C@@H](C)C(=O)N1CCC[C@@H]1C(=O)NC(CCN)C(=O)N[C@@H](CCCNC(=N)N)C(=O)C(=O)C(Cc1ccc(O)cc1)NC2=O. The van der Waals surface area contributed by atoms with E-state index < -0.39 is 247 Å². The van der Waals surface area contributed by atoms with E-state index in [9.17, 15) is 54.0 Å². The average Bonchev–Trinajstić information content (AvgIpc) is 1.65. The Balaban J connectivity index is 1.17. The molecule has 6 heterocycles. The fraction of sp³-hybridized carbons (Fsp3) is 0.536. The molecule has 0 aliphatic carbocycles. The number of aliphatic hydroxyl groups excluding tert-OH is 1. The third-order valence-electron chi connectivity index (χ3n) is 22.9. The molecule has 9 rings (SSSR count). The first-order chi connectivity index (χ1) is 62.6. The van der Waals surface area contributed by atoms with Crippen molar-refractivity contribution in [1.29, 1.82) is 5.41 Å². The first kappa shape index (κ1) is 102. The molecule has 16 atom stereocenters. The van der Waals surface area contributed by atoms with Crippen molar-refractivity contribution in [1.82, 2.24) is 99.3 Å². The smallest absolute Gasteiger partial charge is 0.246 e. The minimum atomic E-state index is -1.97. The van der Waals surface area contributed by atoms with Crippen molar-refractivity contribution in [3.63, 3.8) is 0 Å². The van der Waals surface area contributed by atoms with Crippen LogP contribution in [0.25, 0.3) is 0 Å². The maximum Gasteiger partial charge on any atom is 0.246 e. The molecule has 5 fully saturated rings. The summed E-state index contributed by atoms with van der Waals surface area (Å²) in [5, 5.41) is 81.1. The van der Waals surface area contributed by atoms with Crippen molar-refractivity contribution in [3.05, 3.63) is 108 Å². The van der Waals surface area contributed by atoms with Gasteiger partial charge in [-0.2, -0.15) is 0 Å². The molecule has 15 amide bonds. The summed E-state index contributed by atoms with van der Waals surface area (Å²) in [6, 6.07) is -9.48. The lowest BCUT2D eigenvalue weighted by Crippen LogP contribution is -2.62. The van der Waals surface area contributed by atoms with E-state index in [1.807, 2.05) is 0 Å². The quantitative estimate of drug-likeness (QED) is 0.0114.